The van der Waals surface area contributed by atoms with E-state index in [4.69, 9.17) is 4.74 Å². The molecule has 512 valence electrons. The molecule has 0 aromatic carbocycles. The van der Waals surface area contributed by atoms with Crippen LogP contribution >= 0.6 is 0 Å². The highest BCUT2D eigenvalue weighted by Gasteiger charge is 2.18. The summed E-state index contributed by atoms with van der Waals surface area (Å²) in [5.74, 6) is -0.0499. The number of carbonyl (C=O) groups excluding carboxylic acids is 2. The summed E-state index contributed by atoms with van der Waals surface area (Å²) in [5, 5.41) is 23.3. The van der Waals surface area contributed by atoms with Crippen molar-refractivity contribution >= 4 is 11.9 Å². The van der Waals surface area contributed by atoms with Gasteiger partial charge in [0.05, 0.1) is 25.4 Å². The summed E-state index contributed by atoms with van der Waals surface area (Å²) in [7, 11) is 0. The van der Waals surface area contributed by atoms with Crippen molar-refractivity contribution in [2.24, 2.45) is 0 Å². The molecule has 6 heteroatoms. The molecule has 2 atom stereocenters. The predicted octanol–water partition coefficient (Wildman–Crippen LogP) is 26.0. The zero-order valence-corrected chi connectivity index (χ0v) is 58.8. The van der Waals surface area contributed by atoms with Gasteiger partial charge in [-0.15, -0.1) is 0 Å². The van der Waals surface area contributed by atoms with Gasteiger partial charge in [-0.2, -0.15) is 0 Å². The minimum atomic E-state index is -0.844. The van der Waals surface area contributed by atoms with Crippen LogP contribution in [0.3, 0.4) is 0 Å². The Morgan fingerprint density at radius 3 is 0.908 bits per heavy atom. The monoisotopic (exact) mass is 1220 g/mol. The topological polar surface area (TPSA) is 95.9 Å². The molecule has 0 heterocycles. The Hall–Kier alpha value is -2.18. The maximum Gasteiger partial charge on any atom is 0.305 e. The SMILES string of the molecule is CCCCC/C=C\C/C=C\CCCCCCCCCC(=O)OCCCCCCCCCCCCCC/C=C\CCCCCCCCCCCCCCCCCCCC(=O)NC(CO)C(O)/C=C/CCCCCCCCCCCCCCCCCCCC. The fraction of sp³-hybridized carbons (Fsp3) is 0.877. The highest BCUT2D eigenvalue weighted by Crippen LogP contribution is 2.19. The van der Waals surface area contributed by atoms with Crippen LogP contribution in [0.1, 0.15) is 431 Å². The van der Waals surface area contributed by atoms with Crippen molar-refractivity contribution in [1.82, 2.24) is 5.32 Å². The first-order valence-corrected chi connectivity index (χ1v) is 39.4. The third-order valence-corrected chi connectivity index (χ3v) is 18.3. The number of ether oxygens (including phenoxy) is 1. The number of unbranched alkanes of at least 4 members (excludes halogenated alkanes) is 57. The van der Waals surface area contributed by atoms with Crippen LogP contribution in [0.25, 0.3) is 0 Å². The lowest BCUT2D eigenvalue weighted by Crippen LogP contribution is -2.45. The smallest absolute Gasteiger partial charge is 0.305 e. The number of amides is 1. The molecule has 0 aromatic rings. The van der Waals surface area contributed by atoms with Crippen LogP contribution in [0.15, 0.2) is 48.6 Å². The second-order valence-electron chi connectivity index (χ2n) is 27.0. The lowest BCUT2D eigenvalue weighted by atomic mass is 10.0. The van der Waals surface area contributed by atoms with Gasteiger partial charge in [0.15, 0.2) is 0 Å². The summed E-state index contributed by atoms with van der Waals surface area (Å²) in [4.78, 5) is 24.6. The zero-order chi connectivity index (χ0) is 62.8. The predicted molar refractivity (Wildman–Crippen MR) is 384 cm³/mol. The van der Waals surface area contributed by atoms with E-state index in [1.54, 1.807) is 6.08 Å². The molecule has 6 nitrogen and oxygen atoms in total. The van der Waals surface area contributed by atoms with Gasteiger partial charge in [-0.3, -0.25) is 9.59 Å². The molecule has 0 bridgehead atoms. The van der Waals surface area contributed by atoms with Gasteiger partial charge in [0.1, 0.15) is 0 Å². The van der Waals surface area contributed by atoms with Crippen molar-refractivity contribution in [2.75, 3.05) is 13.2 Å². The molecule has 1 amide bonds. The van der Waals surface area contributed by atoms with Crippen molar-refractivity contribution in [3.63, 3.8) is 0 Å². The Bertz CT molecular complexity index is 1450. The number of hydrogen-bond acceptors (Lipinski definition) is 5. The molecule has 0 aliphatic carbocycles. The molecule has 0 rings (SSSR count). The van der Waals surface area contributed by atoms with E-state index < -0.39 is 12.1 Å². The Labute approximate surface area is 544 Å². The van der Waals surface area contributed by atoms with Crippen molar-refractivity contribution in [2.45, 2.75) is 443 Å². The molecule has 0 spiro atoms. The highest BCUT2D eigenvalue weighted by molar-refractivity contribution is 5.76. The molecule has 87 heavy (non-hydrogen) atoms. The van der Waals surface area contributed by atoms with Gasteiger partial charge in [-0.1, -0.05) is 377 Å². The molecule has 0 aromatic heterocycles. The number of rotatable bonds is 74. The van der Waals surface area contributed by atoms with Gasteiger partial charge in [-0.25, -0.2) is 0 Å². The molecule has 0 aliphatic heterocycles. The zero-order valence-electron chi connectivity index (χ0n) is 58.8. The second kappa shape index (κ2) is 76.3. The highest BCUT2D eigenvalue weighted by atomic mass is 16.5. The van der Waals surface area contributed by atoms with Gasteiger partial charge < -0.3 is 20.3 Å². The summed E-state index contributed by atoms with van der Waals surface area (Å²) < 4.78 is 5.50. The van der Waals surface area contributed by atoms with Crippen molar-refractivity contribution in [3.05, 3.63) is 48.6 Å². The number of carbonyl (C=O) groups is 2. The minimum Gasteiger partial charge on any atom is -0.466 e. The third kappa shape index (κ3) is 72.8. The first-order valence-electron chi connectivity index (χ1n) is 39.4. The Morgan fingerprint density at radius 2 is 0.575 bits per heavy atom. The molecule has 3 N–H and O–H groups in total. The van der Waals surface area contributed by atoms with E-state index in [0.717, 1.165) is 51.4 Å². The molecule has 2 unspecified atom stereocenters. The largest absolute Gasteiger partial charge is 0.466 e. The van der Waals surface area contributed by atoms with Crippen LogP contribution in [-0.4, -0.2) is 47.4 Å². The molecular formula is C81H153NO5. The molecule has 0 radical (unpaired) electrons. The van der Waals surface area contributed by atoms with Gasteiger partial charge in [0, 0.05) is 12.8 Å². The number of aliphatic hydroxyl groups is 2. The number of aliphatic hydroxyl groups excluding tert-OH is 2. The molecule has 0 saturated carbocycles. The van der Waals surface area contributed by atoms with Crippen molar-refractivity contribution < 1.29 is 24.5 Å². The fourth-order valence-corrected chi connectivity index (χ4v) is 12.3. The summed E-state index contributed by atoms with van der Waals surface area (Å²) >= 11 is 0. The second-order valence-corrected chi connectivity index (χ2v) is 27.0. The standard InChI is InChI=1S/C81H153NO5/c1-3-5-7-9-11-13-15-17-19-21-22-38-42-45-49-53-57-61-65-69-73-79(84)78(77-83)82-80(85)74-70-66-62-58-54-50-46-43-39-36-34-32-30-28-26-24-23-25-27-29-31-33-35-37-40-44-48-52-56-60-64-68-72-76-87-81(86)75-71-67-63-59-55-51-47-41-20-18-16-14-12-10-8-6-4-2/h12,14,18,20,27,29,69,73,78-79,83-84H,3-11,13,15-17,19,21-26,28,30-68,70-72,74-77H2,1-2H3,(H,82,85)/b14-12-,20-18-,29-27-,73-69+. The lowest BCUT2D eigenvalue weighted by Gasteiger charge is -2.20. The normalized spacial score (nSPS) is 12.7. The summed E-state index contributed by atoms with van der Waals surface area (Å²) in [6.07, 6.45) is 101. The van der Waals surface area contributed by atoms with Gasteiger partial charge in [0.2, 0.25) is 5.91 Å². The first-order chi connectivity index (χ1) is 43.0. The summed E-state index contributed by atoms with van der Waals surface area (Å²) in [6, 6.07) is -0.627. The maximum absolute atomic E-state index is 12.5. The minimum absolute atomic E-state index is 0.0111. The van der Waals surface area contributed by atoms with Crippen LogP contribution in [0.5, 0.6) is 0 Å². The molecule has 0 fully saturated rings. The lowest BCUT2D eigenvalue weighted by molar-refractivity contribution is -0.143. The Morgan fingerprint density at radius 1 is 0.322 bits per heavy atom. The van der Waals surface area contributed by atoms with Gasteiger partial charge >= 0.3 is 5.97 Å². The summed E-state index contributed by atoms with van der Waals surface area (Å²) in [5.41, 5.74) is 0. The van der Waals surface area contributed by atoms with Crippen LogP contribution in [-0.2, 0) is 14.3 Å². The number of allylic oxidation sites excluding steroid dienone is 7. The van der Waals surface area contributed by atoms with E-state index in [2.05, 4.69) is 55.6 Å². The van der Waals surface area contributed by atoms with Crippen LogP contribution in [0.4, 0.5) is 0 Å². The summed E-state index contributed by atoms with van der Waals surface area (Å²) in [6.45, 7) is 4.92. The van der Waals surface area contributed by atoms with Crippen LogP contribution in [0, 0.1) is 0 Å². The van der Waals surface area contributed by atoms with E-state index in [0.29, 0.717) is 19.4 Å². The number of hydrogen-bond donors (Lipinski definition) is 3. The maximum atomic E-state index is 12.5. The average Bonchev–Trinajstić information content (AvgIpc) is 3.53. The van der Waals surface area contributed by atoms with Crippen LogP contribution in [0.2, 0.25) is 0 Å². The molecule has 0 saturated heterocycles. The molecular weight excluding hydrogens is 1070 g/mol. The van der Waals surface area contributed by atoms with Gasteiger partial charge in [-0.05, 0) is 89.9 Å². The van der Waals surface area contributed by atoms with Gasteiger partial charge in [0.25, 0.3) is 0 Å². The van der Waals surface area contributed by atoms with Crippen LogP contribution < -0.4 is 5.32 Å². The quantitative estimate of drug-likeness (QED) is 0.0320. The van der Waals surface area contributed by atoms with E-state index >= 15 is 0 Å². The van der Waals surface area contributed by atoms with Crippen molar-refractivity contribution in [3.8, 4) is 0 Å². The Kier molecular flexibility index (Phi) is 74.4. The first kappa shape index (κ1) is 84.8. The number of nitrogens with one attached hydrogen (secondary N) is 1. The fourth-order valence-electron chi connectivity index (χ4n) is 12.3. The average molecular weight is 1220 g/mol. The van der Waals surface area contributed by atoms with E-state index in [9.17, 15) is 19.8 Å². The van der Waals surface area contributed by atoms with Crippen molar-refractivity contribution in [1.29, 1.82) is 0 Å². The Balaban J connectivity index is 3.37. The number of esters is 1. The van der Waals surface area contributed by atoms with E-state index in [1.807, 2.05) is 6.08 Å². The molecule has 0 aliphatic rings. The van der Waals surface area contributed by atoms with E-state index in [1.165, 1.54) is 353 Å². The van der Waals surface area contributed by atoms with E-state index in [-0.39, 0.29) is 18.5 Å². The third-order valence-electron chi connectivity index (χ3n) is 18.3.